The highest BCUT2D eigenvalue weighted by Gasteiger charge is 2.29. The summed E-state index contributed by atoms with van der Waals surface area (Å²) >= 11 is 0. The lowest BCUT2D eigenvalue weighted by Gasteiger charge is -2.18. The van der Waals surface area contributed by atoms with Gasteiger partial charge in [0.05, 0.1) is 6.04 Å². The molecule has 140 valence electrons. The minimum absolute atomic E-state index is 0.0455. The van der Waals surface area contributed by atoms with Gasteiger partial charge in [0, 0.05) is 12.1 Å². The molecule has 1 aromatic heterocycles. The summed E-state index contributed by atoms with van der Waals surface area (Å²) < 4.78 is 0. The maximum atomic E-state index is 12.0. The van der Waals surface area contributed by atoms with E-state index in [-0.39, 0.29) is 17.9 Å². The van der Waals surface area contributed by atoms with Crippen LogP contribution in [-0.4, -0.2) is 22.1 Å². The molecule has 0 bridgehead atoms. The van der Waals surface area contributed by atoms with Crippen molar-refractivity contribution < 1.29 is 14.7 Å². The lowest BCUT2D eigenvalue weighted by Crippen LogP contribution is -2.26. The zero-order valence-electron chi connectivity index (χ0n) is 15.1. The van der Waals surface area contributed by atoms with E-state index < -0.39 is 6.09 Å². The Morgan fingerprint density at radius 3 is 2.63 bits per heavy atom. The number of carbonyl (C=O) groups is 2. The van der Waals surface area contributed by atoms with Crippen LogP contribution in [0, 0.1) is 5.92 Å². The normalized spacial score (nSPS) is 18.9. The average Bonchev–Trinajstić information content (AvgIpc) is 3.49. The Bertz CT molecular complexity index is 877. The van der Waals surface area contributed by atoms with Crippen LogP contribution in [0.4, 0.5) is 10.6 Å². The third kappa shape index (κ3) is 4.10. The highest BCUT2D eigenvalue weighted by atomic mass is 16.4. The first kappa shape index (κ1) is 17.5. The molecule has 27 heavy (non-hydrogen) atoms. The first-order chi connectivity index (χ1) is 13.1. The number of benzene rings is 1. The molecule has 1 fully saturated rings. The Morgan fingerprint density at radius 1 is 1.04 bits per heavy atom. The number of carboxylic acid groups (broad SMARTS) is 1. The fourth-order valence-corrected chi connectivity index (χ4v) is 3.71. The van der Waals surface area contributed by atoms with Gasteiger partial charge in [-0.1, -0.05) is 24.6 Å². The maximum absolute atomic E-state index is 12.0. The van der Waals surface area contributed by atoms with E-state index >= 15 is 0 Å². The number of amides is 2. The molecule has 2 aliphatic rings. The zero-order valence-corrected chi connectivity index (χ0v) is 15.1. The van der Waals surface area contributed by atoms with Gasteiger partial charge in [-0.3, -0.25) is 4.79 Å². The molecule has 1 aromatic carbocycles. The van der Waals surface area contributed by atoms with Crippen LogP contribution in [0.25, 0.3) is 11.1 Å². The zero-order chi connectivity index (χ0) is 18.8. The second kappa shape index (κ2) is 7.39. The van der Waals surface area contributed by atoms with Gasteiger partial charge in [0.25, 0.3) is 0 Å². The van der Waals surface area contributed by atoms with E-state index in [4.69, 9.17) is 5.11 Å². The lowest BCUT2D eigenvalue weighted by molar-refractivity contribution is -0.117. The van der Waals surface area contributed by atoms with Crippen molar-refractivity contribution in [2.75, 3.05) is 5.32 Å². The highest BCUT2D eigenvalue weighted by molar-refractivity contribution is 5.93. The van der Waals surface area contributed by atoms with Gasteiger partial charge in [-0.05, 0) is 66.5 Å². The number of rotatable bonds is 4. The van der Waals surface area contributed by atoms with Gasteiger partial charge in [0.1, 0.15) is 5.82 Å². The van der Waals surface area contributed by atoms with E-state index in [1.165, 1.54) is 5.56 Å². The fraction of sp³-hybridized carbons (Fsp3) is 0.381. The number of hydrogen-bond donors (Lipinski definition) is 3. The van der Waals surface area contributed by atoms with Crippen LogP contribution < -0.4 is 10.6 Å². The summed E-state index contributed by atoms with van der Waals surface area (Å²) in [6.07, 6.45) is 6.46. The molecular formula is C21H23N3O3. The Hall–Kier alpha value is -2.89. The number of aromatic nitrogens is 1. The van der Waals surface area contributed by atoms with E-state index in [1.807, 2.05) is 24.3 Å². The number of nitrogens with zero attached hydrogens (tertiary/aromatic N) is 1. The lowest BCUT2D eigenvalue weighted by atomic mass is 9.94. The predicted molar refractivity (Wildman–Crippen MR) is 102 cm³/mol. The molecule has 3 N–H and O–H groups in total. The predicted octanol–water partition coefficient (Wildman–Crippen LogP) is 4.13. The molecule has 2 aliphatic carbocycles. The summed E-state index contributed by atoms with van der Waals surface area (Å²) in [4.78, 5) is 27.3. The molecule has 2 aromatic rings. The van der Waals surface area contributed by atoms with Crippen LogP contribution in [0.2, 0.25) is 0 Å². The van der Waals surface area contributed by atoms with Crippen molar-refractivity contribution in [3.63, 3.8) is 0 Å². The first-order valence-electron chi connectivity index (χ1n) is 9.50. The Morgan fingerprint density at radius 2 is 1.85 bits per heavy atom. The number of fused-ring (bicyclic) bond motifs is 1. The Labute approximate surface area is 158 Å². The molecule has 0 radical (unpaired) electrons. The van der Waals surface area contributed by atoms with Crippen molar-refractivity contribution in [1.29, 1.82) is 0 Å². The summed E-state index contributed by atoms with van der Waals surface area (Å²) in [5, 5.41) is 14.6. The Kier molecular flexibility index (Phi) is 4.79. The number of pyridine rings is 1. The molecule has 0 spiro atoms. The van der Waals surface area contributed by atoms with Gasteiger partial charge in [-0.25, -0.2) is 9.78 Å². The third-order valence-electron chi connectivity index (χ3n) is 5.30. The molecule has 0 aliphatic heterocycles. The van der Waals surface area contributed by atoms with Gasteiger partial charge < -0.3 is 15.7 Å². The minimum Gasteiger partial charge on any atom is -0.465 e. The van der Waals surface area contributed by atoms with Gasteiger partial charge in [0.15, 0.2) is 0 Å². The molecular weight excluding hydrogens is 342 g/mol. The minimum atomic E-state index is -0.984. The fourth-order valence-electron chi connectivity index (χ4n) is 3.71. The van der Waals surface area contributed by atoms with Crippen molar-refractivity contribution in [3.05, 3.63) is 47.7 Å². The molecule has 1 heterocycles. The second-order valence-corrected chi connectivity index (χ2v) is 7.35. The van der Waals surface area contributed by atoms with Crippen molar-refractivity contribution >= 4 is 17.8 Å². The topological polar surface area (TPSA) is 91.3 Å². The van der Waals surface area contributed by atoms with Gasteiger partial charge in [-0.2, -0.15) is 0 Å². The second-order valence-electron chi connectivity index (χ2n) is 7.35. The molecule has 4 rings (SSSR count). The van der Waals surface area contributed by atoms with Gasteiger partial charge in [0.2, 0.25) is 5.91 Å². The quantitative estimate of drug-likeness (QED) is 0.711. The number of aryl methyl sites for hydroxylation is 1. The summed E-state index contributed by atoms with van der Waals surface area (Å²) in [5.41, 5.74) is 4.29. The standard InChI is InChI=1S/C21H23N3O3/c25-20(13-5-6-13)24-19-12-15(9-10-22-19)14-7-8-17-16(11-14)3-1-2-4-18(17)23-21(26)27/h7-13,18,23H,1-6H2,(H,26,27)(H,22,24,25). The van der Waals surface area contributed by atoms with Crippen LogP contribution in [0.3, 0.4) is 0 Å². The molecule has 1 unspecified atom stereocenters. The monoisotopic (exact) mass is 365 g/mol. The van der Waals surface area contributed by atoms with Crippen LogP contribution in [0.5, 0.6) is 0 Å². The molecule has 6 nitrogen and oxygen atoms in total. The largest absolute Gasteiger partial charge is 0.465 e. The molecule has 6 heteroatoms. The van der Waals surface area contributed by atoms with E-state index in [9.17, 15) is 9.59 Å². The summed E-state index contributed by atoms with van der Waals surface area (Å²) in [6, 6.07) is 9.85. The Balaban J connectivity index is 1.60. The number of carbonyl (C=O) groups excluding carboxylic acids is 1. The maximum Gasteiger partial charge on any atom is 0.405 e. The van der Waals surface area contributed by atoms with E-state index in [0.29, 0.717) is 5.82 Å². The van der Waals surface area contributed by atoms with E-state index in [2.05, 4.69) is 21.7 Å². The highest BCUT2D eigenvalue weighted by Crippen LogP contribution is 2.33. The van der Waals surface area contributed by atoms with Crippen LogP contribution in [-0.2, 0) is 11.2 Å². The van der Waals surface area contributed by atoms with Crippen molar-refractivity contribution in [1.82, 2.24) is 10.3 Å². The molecule has 2 amide bonds. The van der Waals surface area contributed by atoms with Crippen LogP contribution in [0.15, 0.2) is 36.5 Å². The van der Waals surface area contributed by atoms with Crippen molar-refractivity contribution in [2.24, 2.45) is 5.92 Å². The summed E-state index contributed by atoms with van der Waals surface area (Å²) in [6.45, 7) is 0. The van der Waals surface area contributed by atoms with Crippen molar-refractivity contribution in [2.45, 2.75) is 44.6 Å². The number of nitrogens with one attached hydrogen (secondary N) is 2. The molecule has 0 saturated heterocycles. The summed E-state index contributed by atoms with van der Waals surface area (Å²) in [5.74, 6) is 0.760. The molecule has 1 saturated carbocycles. The third-order valence-corrected chi connectivity index (χ3v) is 5.30. The average molecular weight is 365 g/mol. The van der Waals surface area contributed by atoms with E-state index in [1.54, 1.807) is 6.20 Å². The van der Waals surface area contributed by atoms with E-state index in [0.717, 1.165) is 55.2 Å². The first-order valence-corrected chi connectivity index (χ1v) is 9.50. The molecule has 1 atom stereocenters. The number of anilines is 1. The smallest absolute Gasteiger partial charge is 0.405 e. The van der Waals surface area contributed by atoms with Crippen LogP contribution >= 0.6 is 0 Å². The van der Waals surface area contributed by atoms with Crippen LogP contribution in [0.1, 0.15) is 49.3 Å². The van der Waals surface area contributed by atoms with Crippen molar-refractivity contribution in [3.8, 4) is 11.1 Å². The SMILES string of the molecule is O=C(O)NC1CCCCc2cc(-c3ccnc(NC(=O)C4CC4)c3)ccc21. The number of hydrogen-bond acceptors (Lipinski definition) is 3. The van der Waals surface area contributed by atoms with Gasteiger partial charge >= 0.3 is 6.09 Å². The summed E-state index contributed by atoms with van der Waals surface area (Å²) in [7, 11) is 0. The van der Waals surface area contributed by atoms with Gasteiger partial charge in [-0.15, -0.1) is 0 Å².